The molecule has 0 aliphatic rings. The van der Waals surface area contributed by atoms with Crippen LogP contribution in [0.25, 0.3) is 11.4 Å². The van der Waals surface area contributed by atoms with Crippen LogP contribution in [-0.2, 0) is 27.0 Å². The summed E-state index contributed by atoms with van der Waals surface area (Å²) in [4.78, 5) is 8.89. The Hall–Kier alpha value is -2.52. The van der Waals surface area contributed by atoms with Crippen molar-refractivity contribution in [3.8, 4) is 28.8 Å². The van der Waals surface area contributed by atoms with Gasteiger partial charge in [-0.15, -0.1) is 0 Å². The normalized spacial score (nSPS) is 11.9. The van der Waals surface area contributed by atoms with Crippen LogP contribution >= 0.6 is 6.72 Å². The van der Waals surface area contributed by atoms with Gasteiger partial charge in [-0.25, -0.2) is 4.98 Å². The lowest BCUT2D eigenvalue weighted by Crippen LogP contribution is -2.07. The lowest BCUT2D eigenvalue weighted by molar-refractivity contribution is -0.137. The smallest absolute Gasteiger partial charge is 0.416 e. The van der Waals surface area contributed by atoms with Gasteiger partial charge in [0.15, 0.2) is 5.82 Å². The van der Waals surface area contributed by atoms with Crippen LogP contribution in [0.15, 0.2) is 54.6 Å². The first-order valence-electron chi connectivity index (χ1n) is 10.0. The van der Waals surface area contributed by atoms with E-state index in [0.717, 1.165) is 12.1 Å². The molecule has 0 atom stereocenters. The molecule has 0 N–H and O–H groups in total. The molecule has 0 saturated carbocycles. The minimum absolute atomic E-state index is 0.0163. The van der Waals surface area contributed by atoms with Gasteiger partial charge in [-0.1, -0.05) is 36.4 Å². The van der Waals surface area contributed by atoms with Crippen molar-refractivity contribution >= 4 is 18.5 Å². The number of halogens is 3. The zero-order chi connectivity index (χ0) is 24.1. The van der Waals surface area contributed by atoms with Crippen LogP contribution in [0.5, 0.6) is 17.4 Å². The molecule has 0 amide bonds. The fourth-order valence-electron chi connectivity index (χ4n) is 2.80. The number of hydrogen-bond donors (Lipinski definition) is 0. The van der Waals surface area contributed by atoms with Gasteiger partial charge in [0.25, 0.3) is 5.88 Å². The molecule has 0 bridgehead atoms. The highest BCUT2D eigenvalue weighted by molar-refractivity contribution is 8.07. The summed E-state index contributed by atoms with van der Waals surface area (Å²) in [5, 5.41) is 0. The summed E-state index contributed by atoms with van der Waals surface area (Å²) in [7, 11) is 0. The summed E-state index contributed by atoms with van der Waals surface area (Å²) in [6.45, 7) is 2.32. The summed E-state index contributed by atoms with van der Waals surface area (Å²) in [6, 6.07) is 13.6. The van der Waals surface area contributed by atoms with Gasteiger partial charge >= 0.3 is 12.9 Å². The maximum Gasteiger partial charge on any atom is 0.416 e. The van der Waals surface area contributed by atoms with Gasteiger partial charge in [-0.3, -0.25) is 9.05 Å². The van der Waals surface area contributed by atoms with Crippen molar-refractivity contribution in [1.82, 2.24) is 9.97 Å². The molecule has 0 aliphatic carbocycles. The van der Waals surface area contributed by atoms with E-state index in [1.165, 1.54) is 12.1 Å². The highest BCUT2D eigenvalue weighted by Crippen LogP contribution is 2.52. The third-order valence-corrected chi connectivity index (χ3v) is 6.59. The molecule has 0 saturated heterocycles. The molecule has 0 aliphatic heterocycles. The maximum absolute atomic E-state index is 13.2. The van der Waals surface area contributed by atoms with Crippen molar-refractivity contribution in [2.45, 2.75) is 26.9 Å². The second kappa shape index (κ2) is 10.6. The van der Waals surface area contributed by atoms with Gasteiger partial charge in [0.2, 0.25) is 5.75 Å². The van der Waals surface area contributed by atoms with E-state index in [-0.39, 0.29) is 30.6 Å². The molecule has 3 rings (SSSR count). The molecule has 0 radical (unpaired) electrons. The topological polar surface area (TPSA) is 62.7 Å². The highest BCUT2D eigenvalue weighted by atomic mass is 32.5. The standard InChI is InChI=1S/C22H22F3N2O4PS/c1-4-28-32(33,29-5-2)31-21-19(30-18-13-9-12-17(14-18)22(23,24)25)15(3)26-20(27-21)16-10-7-6-8-11-16/h6-14H,4-5H2,1-3H3. The summed E-state index contributed by atoms with van der Waals surface area (Å²) in [6.07, 6.45) is -4.52. The zero-order valence-corrected chi connectivity index (χ0v) is 19.8. The molecule has 6 nitrogen and oxygen atoms in total. The van der Waals surface area contributed by atoms with Crippen LogP contribution in [0.4, 0.5) is 13.2 Å². The average molecular weight is 498 g/mol. The van der Waals surface area contributed by atoms with E-state index >= 15 is 0 Å². The molecule has 176 valence electrons. The summed E-state index contributed by atoms with van der Waals surface area (Å²) in [5.74, 6) is 0.204. The van der Waals surface area contributed by atoms with E-state index in [1.807, 2.05) is 30.3 Å². The van der Waals surface area contributed by atoms with Crippen molar-refractivity contribution in [3.63, 3.8) is 0 Å². The molecule has 3 aromatic rings. The number of aromatic nitrogens is 2. The van der Waals surface area contributed by atoms with Crippen LogP contribution in [-0.4, -0.2) is 23.2 Å². The van der Waals surface area contributed by atoms with Crippen LogP contribution < -0.4 is 9.26 Å². The molecular formula is C22H22F3N2O4PS. The fourth-order valence-corrected chi connectivity index (χ4v) is 4.79. The lowest BCUT2D eigenvalue weighted by Gasteiger charge is -2.22. The van der Waals surface area contributed by atoms with Gasteiger partial charge in [-0.05, 0) is 39.0 Å². The SMILES string of the molecule is CCOP(=S)(OCC)Oc1nc(-c2ccccc2)nc(C)c1Oc1cccc(C(F)(F)F)c1. The first kappa shape index (κ1) is 25.1. The van der Waals surface area contributed by atoms with Gasteiger partial charge in [0, 0.05) is 17.4 Å². The number of benzene rings is 2. The molecule has 0 spiro atoms. The van der Waals surface area contributed by atoms with E-state index in [1.54, 1.807) is 20.8 Å². The Kier molecular flexibility index (Phi) is 8.07. The van der Waals surface area contributed by atoms with Crippen molar-refractivity contribution in [1.29, 1.82) is 0 Å². The first-order valence-corrected chi connectivity index (χ1v) is 12.6. The Morgan fingerprint density at radius 1 is 0.939 bits per heavy atom. The second-order valence-corrected chi connectivity index (χ2v) is 9.57. The average Bonchev–Trinajstić information content (AvgIpc) is 2.76. The van der Waals surface area contributed by atoms with E-state index < -0.39 is 18.5 Å². The van der Waals surface area contributed by atoms with E-state index in [9.17, 15) is 13.2 Å². The highest BCUT2D eigenvalue weighted by Gasteiger charge is 2.31. The van der Waals surface area contributed by atoms with E-state index in [4.69, 9.17) is 30.1 Å². The predicted molar refractivity (Wildman–Crippen MR) is 122 cm³/mol. The molecule has 1 aromatic heterocycles. The zero-order valence-electron chi connectivity index (χ0n) is 18.1. The first-order chi connectivity index (χ1) is 15.6. The molecule has 33 heavy (non-hydrogen) atoms. The number of ether oxygens (including phenoxy) is 1. The third-order valence-electron chi connectivity index (χ3n) is 4.19. The van der Waals surface area contributed by atoms with Crippen LogP contribution in [0.3, 0.4) is 0 Å². The minimum atomic E-state index is -4.52. The van der Waals surface area contributed by atoms with Crippen molar-refractivity contribution in [3.05, 3.63) is 65.9 Å². The maximum atomic E-state index is 13.2. The quantitative estimate of drug-likeness (QED) is 0.296. The van der Waals surface area contributed by atoms with Crippen LogP contribution in [0, 0.1) is 6.92 Å². The molecule has 0 fully saturated rings. The Balaban J connectivity index is 2.09. The monoisotopic (exact) mass is 498 g/mol. The Morgan fingerprint density at radius 3 is 2.21 bits per heavy atom. The van der Waals surface area contributed by atoms with Gasteiger partial charge < -0.3 is 9.26 Å². The minimum Gasteiger partial charge on any atom is -0.450 e. The Labute approximate surface area is 195 Å². The predicted octanol–water partition coefficient (Wildman–Crippen LogP) is 6.94. The van der Waals surface area contributed by atoms with Crippen LogP contribution in [0.2, 0.25) is 0 Å². The number of hydrogen-bond acceptors (Lipinski definition) is 7. The van der Waals surface area contributed by atoms with Gasteiger partial charge in [0.05, 0.1) is 24.5 Å². The Morgan fingerprint density at radius 2 is 1.61 bits per heavy atom. The number of nitrogens with zero attached hydrogens (tertiary/aromatic N) is 2. The largest absolute Gasteiger partial charge is 0.450 e. The van der Waals surface area contributed by atoms with Gasteiger partial charge in [0.1, 0.15) is 5.75 Å². The lowest BCUT2D eigenvalue weighted by atomic mass is 10.2. The van der Waals surface area contributed by atoms with Crippen molar-refractivity contribution < 1.29 is 31.5 Å². The second-order valence-electron chi connectivity index (χ2n) is 6.63. The molecule has 1 heterocycles. The van der Waals surface area contributed by atoms with E-state index in [0.29, 0.717) is 17.1 Å². The van der Waals surface area contributed by atoms with Crippen molar-refractivity contribution in [2.75, 3.05) is 13.2 Å². The summed E-state index contributed by atoms with van der Waals surface area (Å²) < 4.78 is 62.2. The molecule has 0 unspecified atom stereocenters. The molecule has 11 heteroatoms. The van der Waals surface area contributed by atoms with E-state index in [2.05, 4.69) is 9.97 Å². The number of aryl methyl sites for hydroxylation is 1. The van der Waals surface area contributed by atoms with Crippen molar-refractivity contribution in [2.24, 2.45) is 0 Å². The van der Waals surface area contributed by atoms with Gasteiger partial charge in [-0.2, -0.15) is 18.2 Å². The number of rotatable bonds is 9. The van der Waals surface area contributed by atoms with Crippen LogP contribution in [0.1, 0.15) is 25.1 Å². The fraction of sp³-hybridized carbons (Fsp3) is 0.273. The molecular weight excluding hydrogens is 476 g/mol. The number of alkyl halides is 3. The third kappa shape index (κ3) is 6.51. The summed E-state index contributed by atoms with van der Waals surface area (Å²) >= 11 is 5.46. The summed E-state index contributed by atoms with van der Waals surface area (Å²) in [5.41, 5.74) is 0.193. The molecule has 2 aromatic carbocycles. The Bertz CT molecular complexity index is 1140.